The molecule has 0 aliphatic carbocycles. The Balaban J connectivity index is 2.52. The van der Waals surface area contributed by atoms with Crippen LogP contribution in [0.1, 0.15) is 18.5 Å². The number of rotatable bonds is 5. The van der Waals surface area contributed by atoms with E-state index in [0.29, 0.717) is 0 Å². The highest BCUT2D eigenvalue weighted by molar-refractivity contribution is 9.10. The Morgan fingerprint density at radius 3 is 2.88 bits per heavy atom. The van der Waals surface area contributed by atoms with E-state index in [4.69, 9.17) is 5.73 Å². The lowest BCUT2D eigenvalue weighted by atomic mass is 10.1. The van der Waals surface area contributed by atoms with Crippen LogP contribution in [0.15, 0.2) is 28.7 Å². The summed E-state index contributed by atoms with van der Waals surface area (Å²) in [5.74, 6) is -0.714. The van der Waals surface area contributed by atoms with Crippen molar-refractivity contribution < 1.29 is 9.90 Å². The van der Waals surface area contributed by atoms with Crippen LogP contribution in [0.3, 0.4) is 0 Å². The van der Waals surface area contributed by atoms with Crippen LogP contribution in [0, 0.1) is 0 Å². The lowest BCUT2D eigenvalue weighted by Crippen LogP contribution is -2.38. The Labute approximate surface area is 103 Å². The topological polar surface area (TPSA) is 75.3 Å². The van der Waals surface area contributed by atoms with E-state index in [0.717, 1.165) is 10.0 Å². The molecule has 4 nitrogen and oxygen atoms in total. The van der Waals surface area contributed by atoms with E-state index >= 15 is 0 Å². The van der Waals surface area contributed by atoms with Gasteiger partial charge in [-0.15, -0.1) is 0 Å². The molecule has 2 atom stereocenters. The van der Waals surface area contributed by atoms with Crippen molar-refractivity contribution in [3.05, 3.63) is 34.3 Å². The number of aliphatic hydroxyl groups excluding tert-OH is 1. The second-order valence-electron chi connectivity index (χ2n) is 3.60. The highest BCUT2D eigenvalue weighted by Gasteiger charge is 2.12. The largest absolute Gasteiger partial charge is 0.382 e. The van der Waals surface area contributed by atoms with Gasteiger partial charge in [0.1, 0.15) is 6.10 Å². The summed E-state index contributed by atoms with van der Waals surface area (Å²) in [4.78, 5) is 10.6. The third-order valence-electron chi connectivity index (χ3n) is 2.29. The minimum atomic E-state index is -1.14. The van der Waals surface area contributed by atoms with Gasteiger partial charge in [0.2, 0.25) is 5.91 Å². The summed E-state index contributed by atoms with van der Waals surface area (Å²) in [5, 5.41) is 12.3. The second kappa shape index (κ2) is 5.98. The fourth-order valence-electron chi connectivity index (χ4n) is 1.28. The van der Waals surface area contributed by atoms with Crippen LogP contribution >= 0.6 is 15.9 Å². The minimum absolute atomic E-state index is 0.0477. The van der Waals surface area contributed by atoms with Crippen molar-refractivity contribution in [3.63, 3.8) is 0 Å². The number of nitrogens with one attached hydrogen (secondary N) is 1. The first-order valence-corrected chi connectivity index (χ1v) is 5.76. The fourth-order valence-corrected chi connectivity index (χ4v) is 1.70. The van der Waals surface area contributed by atoms with Crippen LogP contribution in [-0.2, 0) is 4.79 Å². The molecular formula is C11H15BrN2O2. The van der Waals surface area contributed by atoms with Crippen molar-refractivity contribution in [2.24, 2.45) is 5.73 Å². The van der Waals surface area contributed by atoms with Gasteiger partial charge in [-0.2, -0.15) is 0 Å². The van der Waals surface area contributed by atoms with Gasteiger partial charge in [0.15, 0.2) is 0 Å². The third kappa shape index (κ3) is 3.92. The first-order chi connectivity index (χ1) is 7.50. The Bertz CT molecular complexity index is 371. The van der Waals surface area contributed by atoms with Crippen LogP contribution in [0.5, 0.6) is 0 Å². The molecule has 0 aliphatic heterocycles. The number of halogens is 1. The zero-order valence-electron chi connectivity index (χ0n) is 8.98. The van der Waals surface area contributed by atoms with Crippen LogP contribution in [0.2, 0.25) is 0 Å². The van der Waals surface area contributed by atoms with E-state index in [1.165, 1.54) is 0 Å². The Morgan fingerprint density at radius 1 is 1.62 bits per heavy atom. The summed E-state index contributed by atoms with van der Waals surface area (Å²) in [5.41, 5.74) is 6.02. The zero-order valence-corrected chi connectivity index (χ0v) is 10.6. The first kappa shape index (κ1) is 13.2. The van der Waals surface area contributed by atoms with Gasteiger partial charge in [0.25, 0.3) is 0 Å². The molecule has 0 aliphatic rings. The summed E-state index contributed by atoms with van der Waals surface area (Å²) in [6.07, 6.45) is -1.14. The number of carbonyl (C=O) groups is 1. The molecule has 2 unspecified atom stereocenters. The average Bonchev–Trinajstić information content (AvgIpc) is 2.25. The maximum Gasteiger partial charge on any atom is 0.247 e. The predicted molar refractivity (Wildman–Crippen MR) is 65.8 cm³/mol. The fraction of sp³-hybridized carbons (Fsp3) is 0.364. The van der Waals surface area contributed by atoms with E-state index in [-0.39, 0.29) is 12.6 Å². The van der Waals surface area contributed by atoms with Crippen molar-refractivity contribution >= 4 is 21.8 Å². The van der Waals surface area contributed by atoms with Gasteiger partial charge in [-0.1, -0.05) is 28.1 Å². The lowest BCUT2D eigenvalue weighted by molar-refractivity contribution is -0.125. The highest BCUT2D eigenvalue weighted by Crippen LogP contribution is 2.17. The van der Waals surface area contributed by atoms with E-state index < -0.39 is 12.0 Å². The third-order valence-corrected chi connectivity index (χ3v) is 2.79. The molecular weight excluding hydrogens is 272 g/mol. The van der Waals surface area contributed by atoms with Crippen LogP contribution < -0.4 is 11.1 Å². The van der Waals surface area contributed by atoms with Crippen LogP contribution in [-0.4, -0.2) is 23.7 Å². The van der Waals surface area contributed by atoms with Gasteiger partial charge in [0.05, 0.1) is 0 Å². The molecule has 5 heteroatoms. The molecule has 0 spiro atoms. The molecule has 16 heavy (non-hydrogen) atoms. The smallest absolute Gasteiger partial charge is 0.247 e. The van der Waals surface area contributed by atoms with Gasteiger partial charge in [-0.3, -0.25) is 4.79 Å². The number of aliphatic hydroxyl groups is 1. The quantitative estimate of drug-likeness (QED) is 0.754. The summed E-state index contributed by atoms with van der Waals surface area (Å²) < 4.78 is 0.995. The van der Waals surface area contributed by atoms with Crippen molar-refractivity contribution in [2.75, 3.05) is 6.54 Å². The Kier molecular flexibility index (Phi) is 4.92. The van der Waals surface area contributed by atoms with Crippen LogP contribution in [0.4, 0.5) is 0 Å². The first-order valence-electron chi connectivity index (χ1n) is 4.97. The molecule has 1 aromatic carbocycles. The van der Waals surface area contributed by atoms with Crippen LogP contribution in [0.25, 0.3) is 0 Å². The maximum absolute atomic E-state index is 10.6. The number of carbonyl (C=O) groups excluding carboxylic acids is 1. The van der Waals surface area contributed by atoms with E-state index in [2.05, 4.69) is 21.2 Å². The Morgan fingerprint density at radius 2 is 2.31 bits per heavy atom. The molecule has 1 rings (SSSR count). The number of hydrogen-bond acceptors (Lipinski definition) is 3. The van der Waals surface area contributed by atoms with E-state index in [9.17, 15) is 9.90 Å². The number of amides is 1. The van der Waals surface area contributed by atoms with E-state index in [1.807, 2.05) is 31.2 Å². The van der Waals surface area contributed by atoms with Gasteiger partial charge >= 0.3 is 0 Å². The van der Waals surface area contributed by atoms with Crippen molar-refractivity contribution in [1.82, 2.24) is 5.32 Å². The van der Waals surface area contributed by atoms with Gasteiger partial charge in [-0.25, -0.2) is 0 Å². The van der Waals surface area contributed by atoms with Gasteiger partial charge < -0.3 is 16.2 Å². The lowest BCUT2D eigenvalue weighted by Gasteiger charge is -2.16. The second-order valence-corrected chi connectivity index (χ2v) is 4.52. The summed E-state index contributed by atoms with van der Waals surface area (Å²) in [6.45, 7) is 2.11. The standard InChI is InChI=1S/C11H15BrN2O2/c1-7(14-6-10(15)11(13)16)8-3-2-4-9(12)5-8/h2-5,7,10,14-15H,6H2,1H3,(H2,13,16). The summed E-state index contributed by atoms with van der Waals surface area (Å²) >= 11 is 3.38. The molecule has 0 fully saturated rings. The molecule has 4 N–H and O–H groups in total. The van der Waals surface area contributed by atoms with Crippen molar-refractivity contribution in [3.8, 4) is 0 Å². The Hall–Kier alpha value is -0.910. The normalized spacial score (nSPS) is 14.4. The number of nitrogens with two attached hydrogens (primary N) is 1. The SMILES string of the molecule is CC(NCC(O)C(N)=O)c1cccc(Br)c1. The minimum Gasteiger partial charge on any atom is -0.382 e. The van der Waals surface area contributed by atoms with Gasteiger partial charge in [0, 0.05) is 17.1 Å². The molecule has 0 bridgehead atoms. The van der Waals surface area contributed by atoms with E-state index in [1.54, 1.807) is 0 Å². The average molecular weight is 287 g/mol. The van der Waals surface area contributed by atoms with Gasteiger partial charge in [-0.05, 0) is 24.6 Å². The maximum atomic E-state index is 10.6. The predicted octanol–water partition coefficient (Wildman–Crippen LogP) is 0.946. The highest BCUT2D eigenvalue weighted by atomic mass is 79.9. The summed E-state index contributed by atoms with van der Waals surface area (Å²) in [6, 6.07) is 7.87. The monoisotopic (exact) mass is 286 g/mol. The number of hydrogen-bond donors (Lipinski definition) is 3. The summed E-state index contributed by atoms with van der Waals surface area (Å²) in [7, 11) is 0. The molecule has 1 amide bonds. The molecule has 88 valence electrons. The molecule has 0 saturated carbocycles. The number of primary amides is 1. The van der Waals surface area contributed by atoms with Crippen molar-refractivity contribution in [2.45, 2.75) is 19.1 Å². The molecule has 0 saturated heterocycles. The molecule has 0 radical (unpaired) electrons. The number of benzene rings is 1. The molecule has 0 aromatic heterocycles. The zero-order chi connectivity index (χ0) is 12.1. The molecule has 1 aromatic rings. The van der Waals surface area contributed by atoms with Crippen molar-refractivity contribution in [1.29, 1.82) is 0 Å². The molecule has 0 heterocycles.